The third-order valence-electron chi connectivity index (χ3n) is 7.29. The zero-order valence-corrected chi connectivity index (χ0v) is 19.2. The summed E-state index contributed by atoms with van der Waals surface area (Å²) in [7, 11) is 1.45. The predicted molar refractivity (Wildman–Crippen MR) is 132 cm³/mol. The van der Waals surface area contributed by atoms with Gasteiger partial charge in [0.15, 0.2) is 0 Å². The van der Waals surface area contributed by atoms with Gasteiger partial charge in [-0.2, -0.15) is 0 Å². The van der Waals surface area contributed by atoms with Crippen LogP contribution in [0.5, 0.6) is 0 Å². The Hall–Kier alpha value is -3.43. The monoisotopic (exact) mass is 436 g/mol. The maximum absolute atomic E-state index is 13.7. The molecule has 0 spiro atoms. The minimum absolute atomic E-state index is 0.195. The largest absolute Gasteiger partial charge is 0.468 e. The zero-order chi connectivity index (χ0) is 23.2. The van der Waals surface area contributed by atoms with Crippen LogP contribution < -0.4 is 0 Å². The third kappa shape index (κ3) is 3.27. The maximum Gasteiger partial charge on any atom is 0.320 e. The summed E-state index contributed by atoms with van der Waals surface area (Å²) in [6.07, 6.45) is 3.91. The quantitative estimate of drug-likeness (QED) is 0.516. The van der Waals surface area contributed by atoms with E-state index < -0.39 is 11.5 Å². The van der Waals surface area contributed by atoms with Crippen molar-refractivity contribution in [1.29, 1.82) is 0 Å². The molecule has 0 unspecified atom stereocenters. The molecule has 2 aliphatic carbocycles. The Labute approximate surface area is 195 Å². The van der Waals surface area contributed by atoms with Gasteiger partial charge in [0.25, 0.3) is 0 Å². The molecule has 0 aromatic heterocycles. The minimum atomic E-state index is -1.00. The Balaban J connectivity index is 1.84. The summed E-state index contributed by atoms with van der Waals surface area (Å²) < 4.78 is 5.47. The Morgan fingerprint density at radius 1 is 0.939 bits per heavy atom. The molecule has 5 rings (SSSR count). The fourth-order valence-corrected chi connectivity index (χ4v) is 5.62. The second kappa shape index (κ2) is 8.17. The van der Waals surface area contributed by atoms with Crippen LogP contribution in [0.2, 0.25) is 0 Å². The van der Waals surface area contributed by atoms with Crippen molar-refractivity contribution in [2.75, 3.05) is 7.11 Å². The number of hydrogen-bond acceptors (Lipinski definition) is 3. The first kappa shape index (κ1) is 21.4. The normalized spacial score (nSPS) is 24.7. The molecule has 0 bridgehead atoms. The molecule has 0 radical (unpaired) electrons. The van der Waals surface area contributed by atoms with Gasteiger partial charge in [0, 0.05) is 5.92 Å². The summed E-state index contributed by atoms with van der Waals surface area (Å²) in [6.45, 7) is 4.11. The molecule has 0 fully saturated rings. The Bertz CT molecular complexity index is 1300. The highest BCUT2D eigenvalue weighted by molar-refractivity contribution is 6.07. The summed E-state index contributed by atoms with van der Waals surface area (Å²) in [5, 5.41) is 11.3. The Morgan fingerprint density at radius 3 is 2.27 bits per heavy atom. The van der Waals surface area contributed by atoms with Crippen molar-refractivity contribution in [3.63, 3.8) is 0 Å². The van der Waals surface area contributed by atoms with E-state index in [9.17, 15) is 9.90 Å². The maximum atomic E-state index is 13.7. The van der Waals surface area contributed by atoms with Gasteiger partial charge in [-0.15, -0.1) is 0 Å². The standard InChI is InChI=1S/C30H28O3/c1-19-10-4-6-12-21(19)16-26-23-14-8-9-15-24(23)27-17-28(31)25(18-30(26,27)29(32)33-3)22-13-7-5-11-20(22)2/h4-16,18,27-28,31H,17H2,1-3H3/b26-16+/t27-,28+,30-/m1/s1. The zero-order valence-electron chi connectivity index (χ0n) is 19.2. The van der Waals surface area contributed by atoms with Crippen molar-refractivity contribution in [2.24, 2.45) is 5.41 Å². The molecule has 0 saturated carbocycles. The molecule has 0 aliphatic heterocycles. The topological polar surface area (TPSA) is 46.5 Å². The smallest absolute Gasteiger partial charge is 0.320 e. The van der Waals surface area contributed by atoms with E-state index in [1.165, 1.54) is 7.11 Å². The van der Waals surface area contributed by atoms with Gasteiger partial charge in [0.1, 0.15) is 5.41 Å². The molecule has 3 heteroatoms. The molecule has 1 N–H and O–H groups in total. The number of esters is 1. The molecule has 2 aliphatic rings. The second-order valence-corrected chi connectivity index (χ2v) is 9.08. The number of aliphatic hydroxyl groups is 1. The van der Waals surface area contributed by atoms with E-state index in [4.69, 9.17) is 4.74 Å². The summed E-state index contributed by atoms with van der Waals surface area (Å²) in [6, 6.07) is 24.4. The van der Waals surface area contributed by atoms with Crippen LogP contribution in [0.1, 0.15) is 45.7 Å². The van der Waals surface area contributed by atoms with Gasteiger partial charge in [-0.05, 0) is 70.9 Å². The molecule has 3 aromatic rings. The number of ether oxygens (including phenoxy) is 1. The van der Waals surface area contributed by atoms with E-state index in [-0.39, 0.29) is 11.9 Å². The molecule has 33 heavy (non-hydrogen) atoms. The van der Waals surface area contributed by atoms with Crippen LogP contribution in [-0.2, 0) is 9.53 Å². The number of rotatable bonds is 3. The summed E-state index contributed by atoms with van der Waals surface area (Å²) in [5.74, 6) is -0.485. The van der Waals surface area contributed by atoms with Gasteiger partial charge >= 0.3 is 5.97 Å². The van der Waals surface area contributed by atoms with E-state index in [2.05, 4.69) is 37.3 Å². The number of carbonyl (C=O) groups excluding carboxylic acids is 1. The molecule has 166 valence electrons. The number of aryl methyl sites for hydroxylation is 2. The van der Waals surface area contributed by atoms with Crippen molar-refractivity contribution >= 4 is 23.2 Å². The molecule has 3 aromatic carbocycles. The van der Waals surface area contributed by atoms with Crippen molar-refractivity contribution in [3.05, 3.63) is 112 Å². The van der Waals surface area contributed by atoms with E-state index in [0.717, 1.165) is 44.5 Å². The highest BCUT2D eigenvalue weighted by Crippen LogP contribution is 2.62. The highest BCUT2D eigenvalue weighted by atomic mass is 16.5. The van der Waals surface area contributed by atoms with Crippen LogP contribution >= 0.6 is 0 Å². The number of fused-ring (bicyclic) bond motifs is 3. The number of hydrogen-bond donors (Lipinski definition) is 1. The van der Waals surface area contributed by atoms with Crippen LogP contribution in [-0.4, -0.2) is 24.3 Å². The first-order valence-corrected chi connectivity index (χ1v) is 11.4. The molecule has 0 amide bonds. The van der Waals surface area contributed by atoms with E-state index in [0.29, 0.717) is 6.42 Å². The van der Waals surface area contributed by atoms with Crippen LogP contribution in [0.3, 0.4) is 0 Å². The van der Waals surface area contributed by atoms with Gasteiger partial charge in [-0.3, -0.25) is 4.79 Å². The summed E-state index contributed by atoms with van der Waals surface area (Å²) >= 11 is 0. The van der Waals surface area contributed by atoms with Crippen molar-refractivity contribution in [2.45, 2.75) is 32.3 Å². The average Bonchev–Trinajstić information content (AvgIpc) is 3.10. The van der Waals surface area contributed by atoms with Crippen molar-refractivity contribution in [1.82, 2.24) is 0 Å². The Kier molecular flexibility index (Phi) is 5.30. The highest BCUT2D eigenvalue weighted by Gasteiger charge is 2.57. The fourth-order valence-electron chi connectivity index (χ4n) is 5.62. The molecule has 0 heterocycles. The lowest BCUT2D eigenvalue weighted by Gasteiger charge is -2.39. The average molecular weight is 437 g/mol. The SMILES string of the molecule is COC(=O)[C@@]12C=C(c3ccccc3C)[C@@H](O)C[C@@H]1c1ccccc1/C2=C\c1ccccc1C. The summed E-state index contributed by atoms with van der Waals surface area (Å²) in [5.41, 5.74) is 7.11. The second-order valence-electron chi connectivity index (χ2n) is 9.08. The number of aliphatic hydroxyl groups excluding tert-OH is 1. The molecular formula is C30H28O3. The number of methoxy groups -OCH3 is 1. The van der Waals surface area contributed by atoms with Crippen LogP contribution in [0.4, 0.5) is 0 Å². The fraction of sp³-hybridized carbons (Fsp3) is 0.233. The van der Waals surface area contributed by atoms with Crippen molar-refractivity contribution in [3.8, 4) is 0 Å². The lowest BCUT2D eigenvalue weighted by molar-refractivity contribution is -0.148. The summed E-state index contributed by atoms with van der Waals surface area (Å²) in [4.78, 5) is 13.7. The van der Waals surface area contributed by atoms with Crippen molar-refractivity contribution < 1.29 is 14.6 Å². The number of carbonyl (C=O) groups is 1. The van der Waals surface area contributed by atoms with Gasteiger partial charge in [-0.25, -0.2) is 0 Å². The van der Waals surface area contributed by atoms with Crippen LogP contribution in [0, 0.1) is 19.3 Å². The molecule has 3 nitrogen and oxygen atoms in total. The van der Waals surface area contributed by atoms with Gasteiger partial charge in [0.2, 0.25) is 0 Å². The van der Waals surface area contributed by atoms with Gasteiger partial charge in [0.05, 0.1) is 13.2 Å². The first-order chi connectivity index (χ1) is 16.0. The van der Waals surface area contributed by atoms with Gasteiger partial charge < -0.3 is 9.84 Å². The lowest BCUT2D eigenvalue weighted by Crippen LogP contribution is -2.39. The van der Waals surface area contributed by atoms with Crippen LogP contribution in [0.15, 0.2) is 78.9 Å². The lowest BCUT2D eigenvalue weighted by atomic mass is 9.64. The Morgan fingerprint density at radius 2 is 1.58 bits per heavy atom. The van der Waals surface area contributed by atoms with E-state index in [1.807, 2.05) is 61.5 Å². The number of benzene rings is 3. The molecule has 3 atom stereocenters. The van der Waals surface area contributed by atoms with Crippen LogP contribution in [0.25, 0.3) is 17.2 Å². The first-order valence-electron chi connectivity index (χ1n) is 11.4. The van der Waals surface area contributed by atoms with E-state index in [1.54, 1.807) is 0 Å². The predicted octanol–water partition coefficient (Wildman–Crippen LogP) is 5.95. The van der Waals surface area contributed by atoms with E-state index >= 15 is 0 Å². The minimum Gasteiger partial charge on any atom is -0.468 e. The van der Waals surface area contributed by atoms with Gasteiger partial charge in [-0.1, -0.05) is 78.9 Å². The third-order valence-corrected chi connectivity index (χ3v) is 7.29. The molecule has 0 saturated heterocycles. The molecular weight excluding hydrogens is 408 g/mol.